The van der Waals surface area contributed by atoms with Crippen molar-refractivity contribution >= 4 is 0 Å². The van der Waals surface area contributed by atoms with Crippen molar-refractivity contribution in [2.45, 2.75) is 13.8 Å². The van der Waals surface area contributed by atoms with Gasteiger partial charge in [0.1, 0.15) is 0 Å². The van der Waals surface area contributed by atoms with Crippen molar-refractivity contribution in [2.75, 3.05) is 0 Å². The first-order valence-corrected chi connectivity index (χ1v) is 4.42. The van der Waals surface area contributed by atoms with Crippen molar-refractivity contribution in [3.8, 4) is 5.75 Å². The molecule has 2 rings (SSSR count). The van der Waals surface area contributed by atoms with E-state index in [4.69, 9.17) is 4.84 Å². The zero-order chi connectivity index (χ0) is 9.97. The van der Waals surface area contributed by atoms with Gasteiger partial charge in [-0.25, -0.2) is 0 Å². The summed E-state index contributed by atoms with van der Waals surface area (Å²) in [6.45, 7) is 4.06. The summed E-state index contributed by atoms with van der Waals surface area (Å²) in [6, 6.07) is 8.83. The van der Waals surface area contributed by atoms with Gasteiger partial charge in [-0.3, -0.25) is 0 Å². The van der Waals surface area contributed by atoms with E-state index in [0.717, 1.165) is 11.3 Å². The monoisotopic (exact) mass is 187 g/mol. The summed E-state index contributed by atoms with van der Waals surface area (Å²) in [4.78, 5) is 6.86. The molecule has 71 valence electrons. The van der Waals surface area contributed by atoms with Crippen LogP contribution in [0.15, 0.2) is 30.6 Å². The first kappa shape index (κ1) is 8.81. The fraction of sp³-hybridized carbons (Fsp3) is 0.182. The molecule has 1 heterocycles. The Morgan fingerprint density at radius 3 is 2.86 bits per heavy atom. The molecule has 0 aliphatic carbocycles. The van der Waals surface area contributed by atoms with Crippen molar-refractivity contribution in [3.05, 3.63) is 47.8 Å². The van der Waals surface area contributed by atoms with E-state index in [1.165, 1.54) is 10.4 Å². The molecule has 0 N–H and O–H groups in total. The van der Waals surface area contributed by atoms with Crippen molar-refractivity contribution in [2.24, 2.45) is 0 Å². The molecule has 0 atom stereocenters. The quantitative estimate of drug-likeness (QED) is 0.720. The highest BCUT2D eigenvalue weighted by Gasteiger charge is 2.00. The third kappa shape index (κ3) is 1.76. The molecule has 1 radical (unpaired) electrons. The zero-order valence-electron chi connectivity index (χ0n) is 8.19. The van der Waals surface area contributed by atoms with Crippen molar-refractivity contribution < 1.29 is 4.84 Å². The first-order chi connectivity index (χ1) is 6.75. The fourth-order valence-corrected chi connectivity index (χ4v) is 1.27. The van der Waals surface area contributed by atoms with E-state index in [9.17, 15) is 0 Å². The van der Waals surface area contributed by atoms with Crippen molar-refractivity contribution in [1.29, 1.82) is 0 Å². The summed E-state index contributed by atoms with van der Waals surface area (Å²) in [5.74, 6) is 0.813. The summed E-state index contributed by atoms with van der Waals surface area (Å²) in [5.41, 5.74) is 2.32. The summed E-state index contributed by atoms with van der Waals surface area (Å²) in [6.07, 6.45) is 3.20. The predicted molar refractivity (Wildman–Crippen MR) is 53.0 cm³/mol. The van der Waals surface area contributed by atoms with Crippen LogP contribution >= 0.6 is 0 Å². The largest absolute Gasteiger partial charge is 0.358 e. The molecule has 3 nitrogen and oxygen atoms in total. The van der Waals surface area contributed by atoms with Crippen LogP contribution in [0.5, 0.6) is 5.75 Å². The molecule has 14 heavy (non-hydrogen) atoms. The number of hydrogen-bond donors (Lipinski definition) is 0. The molecule has 0 aliphatic heterocycles. The van der Waals surface area contributed by atoms with Gasteiger partial charge in [-0.2, -0.15) is 0 Å². The minimum atomic E-state index is 0.813. The van der Waals surface area contributed by atoms with Crippen LogP contribution < -0.4 is 4.84 Å². The number of rotatable bonds is 2. The lowest BCUT2D eigenvalue weighted by molar-refractivity contribution is 0.177. The van der Waals surface area contributed by atoms with Gasteiger partial charge in [0.05, 0.1) is 12.4 Å². The lowest BCUT2D eigenvalue weighted by Crippen LogP contribution is -2.06. The van der Waals surface area contributed by atoms with Gasteiger partial charge in [-0.05, 0) is 25.5 Å². The van der Waals surface area contributed by atoms with Crippen LogP contribution in [0, 0.1) is 19.9 Å². The summed E-state index contributed by atoms with van der Waals surface area (Å²) in [5, 5.41) is 3.91. The highest BCUT2D eigenvalue weighted by atomic mass is 16.7. The molecule has 0 unspecified atom stereocenters. The van der Waals surface area contributed by atoms with Crippen molar-refractivity contribution in [1.82, 2.24) is 9.94 Å². The average Bonchev–Trinajstić information content (AvgIpc) is 2.62. The van der Waals surface area contributed by atoms with E-state index in [-0.39, 0.29) is 0 Å². The van der Waals surface area contributed by atoms with E-state index >= 15 is 0 Å². The maximum Gasteiger partial charge on any atom is 0.160 e. The summed E-state index contributed by atoms with van der Waals surface area (Å²) in [7, 11) is 0. The van der Waals surface area contributed by atoms with Crippen LogP contribution in [0.2, 0.25) is 0 Å². The lowest BCUT2D eigenvalue weighted by Gasteiger charge is -2.07. The normalized spacial score (nSPS) is 10.1. The predicted octanol–water partition coefficient (Wildman–Crippen LogP) is 2.14. The van der Waals surface area contributed by atoms with Gasteiger partial charge in [0.25, 0.3) is 0 Å². The average molecular weight is 187 g/mol. The minimum Gasteiger partial charge on any atom is -0.358 e. The lowest BCUT2D eigenvalue weighted by atomic mass is 10.1. The van der Waals surface area contributed by atoms with Gasteiger partial charge >= 0.3 is 0 Å². The Labute approximate surface area is 82.9 Å². The Morgan fingerprint density at radius 2 is 2.21 bits per heavy atom. The second-order valence-electron chi connectivity index (χ2n) is 3.20. The Morgan fingerprint density at radius 1 is 1.36 bits per heavy atom. The number of aryl methyl sites for hydroxylation is 2. The van der Waals surface area contributed by atoms with E-state index in [0.29, 0.717) is 0 Å². The number of hydrogen-bond acceptors (Lipinski definition) is 2. The molecule has 1 aromatic carbocycles. The molecule has 0 fully saturated rings. The fourth-order valence-electron chi connectivity index (χ4n) is 1.27. The second-order valence-corrected chi connectivity index (χ2v) is 3.20. The van der Waals surface area contributed by atoms with Crippen molar-refractivity contribution in [3.63, 3.8) is 0 Å². The molecular formula is C11H11N2O. The second kappa shape index (κ2) is 3.54. The van der Waals surface area contributed by atoms with Crippen LogP contribution in [0.3, 0.4) is 0 Å². The Hall–Kier alpha value is -1.77. The van der Waals surface area contributed by atoms with E-state index in [1.807, 2.05) is 19.1 Å². The molecular weight excluding hydrogens is 176 g/mol. The first-order valence-electron chi connectivity index (χ1n) is 4.42. The van der Waals surface area contributed by atoms with Gasteiger partial charge in [-0.1, -0.05) is 22.5 Å². The molecule has 0 saturated carbocycles. The van der Waals surface area contributed by atoms with Gasteiger partial charge in [0.2, 0.25) is 0 Å². The maximum atomic E-state index is 5.48. The van der Waals surface area contributed by atoms with Crippen LogP contribution in [-0.2, 0) is 0 Å². The van der Waals surface area contributed by atoms with Gasteiger partial charge < -0.3 is 4.84 Å². The summed E-state index contributed by atoms with van der Waals surface area (Å²) >= 11 is 0. The van der Waals surface area contributed by atoms with Gasteiger partial charge in [-0.15, -0.1) is 5.10 Å². The smallest absolute Gasteiger partial charge is 0.160 e. The molecule has 3 heteroatoms. The molecule has 0 aliphatic rings. The molecule has 0 amide bonds. The Kier molecular flexibility index (Phi) is 2.23. The SMILES string of the molecule is Cc1ccc(On2c[c]cn2)c(C)c1. The van der Waals surface area contributed by atoms with Gasteiger partial charge in [0, 0.05) is 6.07 Å². The third-order valence-electron chi connectivity index (χ3n) is 1.95. The Balaban J connectivity index is 2.25. The van der Waals surface area contributed by atoms with E-state index in [1.54, 1.807) is 12.4 Å². The molecule has 2 aromatic rings. The molecule has 1 aromatic heterocycles. The topological polar surface area (TPSA) is 27.1 Å². The maximum absolute atomic E-state index is 5.48. The zero-order valence-corrected chi connectivity index (χ0v) is 8.19. The van der Waals surface area contributed by atoms with Crippen LogP contribution in [0.1, 0.15) is 11.1 Å². The van der Waals surface area contributed by atoms with Crippen LogP contribution in [0.25, 0.3) is 0 Å². The van der Waals surface area contributed by atoms with E-state index < -0.39 is 0 Å². The minimum absolute atomic E-state index is 0.813. The Bertz CT molecular complexity index is 421. The highest BCUT2D eigenvalue weighted by Crippen LogP contribution is 2.18. The molecule has 0 bridgehead atoms. The van der Waals surface area contributed by atoms with Crippen LogP contribution in [0.4, 0.5) is 0 Å². The molecule has 0 spiro atoms. The highest BCUT2D eigenvalue weighted by molar-refractivity contribution is 5.35. The number of aromatic nitrogens is 2. The summed E-state index contributed by atoms with van der Waals surface area (Å²) < 4.78 is 0. The van der Waals surface area contributed by atoms with Gasteiger partial charge in [0.15, 0.2) is 5.75 Å². The van der Waals surface area contributed by atoms with Crippen LogP contribution in [-0.4, -0.2) is 9.94 Å². The molecule has 0 saturated heterocycles. The third-order valence-corrected chi connectivity index (χ3v) is 1.95. The number of nitrogens with zero attached hydrogens (tertiary/aromatic N) is 2. The number of benzene rings is 1. The van der Waals surface area contributed by atoms with E-state index in [2.05, 4.69) is 24.2 Å². The standard InChI is InChI=1S/C11H11N2O/c1-9-4-5-11(10(2)8-9)14-13-7-3-6-12-13/h4-8H,1-2H3.